The van der Waals surface area contributed by atoms with Crippen molar-refractivity contribution in [1.29, 1.82) is 0 Å². The van der Waals surface area contributed by atoms with Crippen molar-refractivity contribution in [2.45, 2.75) is 33.1 Å². The monoisotopic (exact) mass is 384 g/mol. The molecule has 0 rings (SSSR count). The predicted octanol–water partition coefficient (Wildman–Crippen LogP) is 4.98. The summed E-state index contributed by atoms with van der Waals surface area (Å²) in [4.78, 5) is 10.5. The summed E-state index contributed by atoms with van der Waals surface area (Å²) < 4.78 is 4.77. The molecule has 19 heavy (non-hydrogen) atoms. The molecule has 0 aliphatic heterocycles. The van der Waals surface area contributed by atoms with Gasteiger partial charge in [0.2, 0.25) is 0 Å². The van der Waals surface area contributed by atoms with Gasteiger partial charge in [-0.3, -0.25) is 0 Å². The van der Waals surface area contributed by atoms with Crippen LogP contribution in [0, 0.1) is 32.6 Å². The summed E-state index contributed by atoms with van der Waals surface area (Å²) in [5.41, 5.74) is 0. The third-order valence-corrected chi connectivity index (χ3v) is 1.69. The molecule has 0 fully saturated rings. The van der Waals surface area contributed by atoms with Crippen molar-refractivity contribution >= 4 is 23.0 Å². The van der Waals surface area contributed by atoms with E-state index >= 15 is 0 Å². The van der Waals surface area contributed by atoms with Crippen LogP contribution in [-0.4, -0.2) is 12.6 Å². The van der Waals surface area contributed by atoms with Gasteiger partial charge in [0, 0.05) is 6.08 Å². The van der Waals surface area contributed by atoms with Gasteiger partial charge in [-0.05, 0) is 0 Å². The Hall–Kier alpha value is 0.673. The number of ether oxygens (including phenoxy) is 1. The van der Waals surface area contributed by atoms with Gasteiger partial charge in [-0.25, -0.2) is 24.1 Å². The average molecular weight is 386 g/mol. The molecule has 0 amide bonds. The number of esters is 1. The maximum absolute atomic E-state index is 10.5. The number of carbonyl (C=O) groups is 1. The second-order valence-electron chi connectivity index (χ2n) is 3.47. The number of halogens is 2. The van der Waals surface area contributed by atoms with Crippen LogP contribution in [0.2, 0.25) is 0 Å². The van der Waals surface area contributed by atoms with Crippen LogP contribution in [0.15, 0.2) is 12.7 Å². The normalized spacial score (nSPS) is 10.0. The Morgan fingerprint density at radius 2 is 2.00 bits per heavy atom. The fourth-order valence-electron chi connectivity index (χ4n) is 0.864. The molecule has 0 N–H and O–H groups in total. The molecule has 0 bridgehead atoms. The second-order valence-corrected chi connectivity index (χ2v) is 7.20. The predicted molar refractivity (Wildman–Crippen MR) is 80.9 cm³/mol. The van der Waals surface area contributed by atoms with E-state index in [1.165, 1.54) is 0 Å². The third-order valence-electron chi connectivity index (χ3n) is 1.69. The van der Waals surface area contributed by atoms with Gasteiger partial charge < -0.3 is 31.4 Å². The molecule has 0 saturated heterocycles. The molecule has 2 nitrogen and oxygen atoms in total. The summed E-state index contributed by atoms with van der Waals surface area (Å²) >= 11 is -0.826. The minimum absolute atomic E-state index is 0.156. The van der Waals surface area contributed by atoms with E-state index in [9.17, 15) is 4.79 Å². The molecule has 114 valence electrons. The summed E-state index contributed by atoms with van der Waals surface area (Å²) in [6, 6.07) is 0. The van der Waals surface area contributed by atoms with Crippen LogP contribution in [-0.2, 0) is 30.4 Å². The quantitative estimate of drug-likeness (QED) is 0.350. The number of carbonyl (C=O) groups excluding carboxylic acids is 1. The Kier molecular flexibility index (Phi) is 30.8. The Bertz CT molecular complexity index is 188. The summed E-state index contributed by atoms with van der Waals surface area (Å²) in [5.74, 6) is -0.223. The fourth-order valence-corrected chi connectivity index (χ4v) is 0.864. The number of hydrogen-bond donors (Lipinski definition) is 0. The second kappa shape index (κ2) is 23.7. The van der Waals surface area contributed by atoms with E-state index < -0.39 is 20.8 Å². The van der Waals surface area contributed by atoms with Crippen LogP contribution in [0.5, 0.6) is 0 Å². The zero-order valence-electron chi connectivity index (χ0n) is 11.8. The Morgan fingerprint density at radius 3 is 2.26 bits per heavy atom. The molecule has 1 atom stereocenters. The first-order valence-corrected chi connectivity index (χ1v) is 12.3. The molecule has 0 spiro atoms. The van der Waals surface area contributed by atoms with Gasteiger partial charge in [0.05, 0.1) is 6.61 Å². The minimum atomic E-state index is -0.826. The number of rotatable bonds is 7. The molecule has 1 unspecified atom stereocenters. The van der Waals surface area contributed by atoms with E-state index in [4.69, 9.17) is 21.8 Å². The van der Waals surface area contributed by atoms with E-state index in [-0.39, 0.29) is 11.9 Å². The fraction of sp³-hybridized carbons (Fsp3) is 0.500. The van der Waals surface area contributed by atoms with Gasteiger partial charge in [0.15, 0.2) is 0 Å². The standard InChI is InChI=1S/C9H14O2.C5H10.2ClH.Zr/c1-4-6-8(3)7-11-9(10)5-2;1-3-5-4-2;;;/h4-5,8H,2-3,6-7H2,1H3;4H,1,3,5H2,2H3;2*1H;/q2*-2;;;+2/p-2. The molecule has 0 aliphatic rings. The van der Waals surface area contributed by atoms with Gasteiger partial charge in [-0.2, -0.15) is 19.8 Å². The molecule has 0 aromatic rings. The SMILES string of the molecule is C=CC(=O)OCC([CH2-])C[CH-]C.[CH2-]CC[CH-]C.[Cl][Zr][Cl]. The van der Waals surface area contributed by atoms with Crippen LogP contribution in [0.1, 0.15) is 33.1 Å². The first kappa shape index (κ1) is 24.7. The van der Waals surface area contributed by atoms with Crippen LogP contribution in [0.4, 0.5) is 0 Å². The molecule has 0 heterocycles. The summed E-state index contributed by atoms with van der Waals surface area (Å²) in [6.45, 7) is 15.1. The molecule has 5 heteroatoms. The van der Waals surface area contributed by atoms with Gasteiger partial charge >= 0.3 is 43.8 Å². The van der Waals surface area contributed by atoms with Crippen molar-refractivity contribution in [1.82, 2.24) is 0 Å². The Morgan fingerprint density at radius 1 is 1.47 bits per heavy atom. The van der Waals surface area contributed by atoms with Crippen molar-refractivity contribution in [3.8, 4) is 0 Å². The van der Waals surface area contributed by atoms with Crippen molar-refractivity contribution < 1.29 is 30.4 Å². The maximum atomic E-state index is 10.5. The van der Waals surface area contributed by atoms with Crippen molar-refractivity contribution in [2.24, 2.45) is 5.92 Å². The van der Waals surface area contributed by atoms with Gasteiger partial charge in [0.1, 0.15) is 0 Å². The summed E-state index contributed by atoms with van der Waals surface area (Å²) in [5, 5.41) is 0. The van der Waals surface area contributed by atoms with Crippen molar-refractivity contribution in [2.75, 3.05) is 6.61 Å². The summed E-state index contributed by atoms with van der Waals surface area (Å²) in [6.07, 6.45) is 8.33. The van der Waals surface area contributed by atoms with Crippen LogP contribution >= 0.6 is 17.0 Å². The van der Waals surface area contributed by atoms with Gasteiger partial charge in [-0.15, -0.1) is 0 Å². The first-order valence-electron chi connectivity index (χ1n) is 5.97. The zero-order valence-corrected chi connectivity index (χ0v) is 15.8. The van der Waals surface area contributed by atoms with Crippen molar-refractivity contribution in [3.63, 3.8) is 0 Å². The molecule has 0 aromatic carbocycles. The Labute approximate surface area is 137 Å². The van der Waals surface area contributed by atoms with Gasteiger partial charge in [0.25, 0.3) is 0 Å². The molecular formula is C14H24Cl2O2Zr-4. The van der Waals surface area contributed by atoms with E-state index in [2.05, 4.69) is 26.8 Å². The average Bonchev–Trinajstić information content (AvgIpc) is 2.39. The molecule has 0 aromatic heterocycles. The molecule has 0 saturated carbocycles. The number of hydrogen-bond acceptors (Lipinski definition) is 2. The Balaban J connectivity index is -0.000000266. The van der Waals surface area contributed by atoms with E-state index in [1.54, 1.807) is 0 Å². The van der Waals surface area contributed by atoms with Crippen LogP contribution < -0.4 is 0 Å². The van der Waals surface area contributed by atoms with E-state index in [0.29, 0.717) is 6.61 Å². The van der Waals surface area contributed by atoms with Crippen molar-refractivity contribution in [3.05, 3.63) is 39.3 Å². The van der Waals surface area contributed by atoms with Crippen LogP contribution in [0.3, 0.4) is 0 Å². The van der Waals surface area contributed by atoms with Crippen LogP contribution in [0.25, 0.3) is 0 Å². The topological polar surface area (TPSA) is 26.3 Å². The van der Waals surface area contributed by atoms with E-state index in [1.807, 2.05) is 20.3 Å². The summed E-state index contributed by atoms with van der Waals surface area (Å²) in [7, 11) is 9.87. The third kappa shape index (κ3) is 32.3. The number of unbranched alkanes of at least 4 members (excludes halogenated alkanes) is 2. The molecule has 0 aliphatic carbocycles. The first-order chi connectivity index (χ1) is 9.03. The zero-order chi connectivity index (χ0) is 15.5. The molecule has 0 radical (unpaired) electrons. The van der Waals surface area contributed by atoms with Gasteiger partial charge in [-0.1, -0.05) is 6.58 Å². The van der Waals surface area contributed by atoms with E-state index in [0.717, 1.165) is 25.3 Å². The molecular weight excluding hydrogens is 362 g/mol.